The molecule has 4 aromatic rings. The van der Waals surface area contributed by atoms with Gasteiger partial charge in [-0.15, -0.1) is 23.7 Å². The fourth-order valence-electron chi connectivity index (χ4n) is 6.25. The van der Waals surface area contributed by atoms with Crippen molar-refractivity contribution in [2.24, 2.45) is 5.92 Å². The van der Waals surface area contributed by atoms with E-state index in [0.717, 1.165) is 38.0 Å². The quantitative estimate of drug-likeness (QED) is 0.379. The second-order valence-electron chi connectivity index (χ2n) is 9.89. The number of nitrogens with one attached hydrogen (secondary N) is 1. The summed E-state index contributed by atoms with van der Waals surface area (Å²) in [7, 11) is 1.73. The third-order valence-electron chi connectivity index (χ3n) is 7.97. The summed E-state index contributed by atoms with van der Waals surface area (Å²) < 4.78 is 9.41. The molecule has 1 N–H and O–H groups in total. The van der Waals surface area contributed by atoms with Crippen LogP contribution >= 0.6 is 23.7 Å². The second-order valence-corrected chi connectivity index (χ2v) is 10.9. The van der Waals surface area contributed by atoms with E-state index in [-0.39, 0.29) is 29.7 Å². The van der Waals surface area contributed by atoms with Crippen LogP contribution in [0.25, 0.3) is 20.6 Å². The first-order valence-corrected chi connectivity index (χ1v) is 13.7. The number of halogens is 1. The zero-order valence-electron chi connectivity index (χ0n) is 21.1. The first kappa shape index (κ1) is 25.9. The van der Waals surface area contributed by atoms with E-state index in [0.29, 0.717) is 51.9 Å². The van der Waals surface area contributed by atoms with E-state index in [1.807, 2.05) is 6.07 Å². The van der Waals surface area contributed by atoms with Crippen molar-refractivity contribution < 1.29 is 4.74 Å². The molecule has 0 bridgehead atoms. The van der Waals surface area contributed by atoms with Crippen LogP contribution in [-0.2, 0) is 19.5 Å². The lowest BCUT2D eigenvalue weighted by Crippen LogP contribution is -2.41. The molecule has 3 aromatic heterocycles. The Labute approximate surface area is 225 Å². The number of thiophene rings is 1. The molecule has 1 aliphatic heterocycles. The van der Waals surface area contributed by atoms with Crippen LogP contribution in [0.2, 0.25) is 0 Å². The van der Waals surface area contributed by atoms with Crippen LogP contribution in [0.5, 0.6) is 5.75 Å². The highest BCUT2D eigenvalue weighted by Crippen LogP contribution is 2.45. The number of fused-ring (bicyclic) bond motifs is 6. The van der Waals surface area contributed by atoms with Crippen LogP contribution in [0.15, 0.2) is 40.2 Å². The number of unbranched alkanes of at least 4 members (excludes halogenated alkanes) is 1. The average Bonchev–Trinajstić information content (AvgIpc) is 3.50. The van der Waals surface area contributed by atoms with Crippen molar-refractivity contribution in [3.63, 3.8) is 0 Å². The molecule has 37 heavy (non-hydrogen) atoms. The van der Waals surface area contributed by atoms with Crippen LogP contribution in [0.1, 0.15) is 49.7 Å². The molecule has 1 aliphatic carbocycles. The van der Waals surface area contributed by atoms with Gasteiger partial charge in [-0.1, -0.05) is 25.5 Å². The van der Waals surface area contributed by atoms with E-state index in [1.54, 1.807) is 24.1 Å². The summed E-state index contributed by atoms with van der Waals surface area (Å²) in [5.74, 6) is 1.89. The Morgan fingerprint density at radius 3 is 2.81 bits per heavy atom. The number of benzene rings is 1. The molecule has 1 fully saturated rings. The van der Waals surface area contributed by atoms with E-state index in [9.17, 15) is 9.59 Å². The van der Waals surface area contributed by atoms with Crippen molar-refractivity contribution in [1.29, 1.82) is 0 Å². The summed E-state index contributed by atoms with van der Waals surface area (Å²) in [4.78, 5) is 36.8. The molecule has 8 nitrogen and oxygen atoms in total. The standard InChI is InChI=1S/C27H31N5O3S.ClH/c1-3-4-13-31-23-22-25(29-12-11-28-22)36-24(23)26(33)32(27(31)34)14-10-19-21-16(15-30-19)8-9-17-18(21)6-5-7-20(17)35-2;/h5-7,11-12,16,19,21,30H,3-4,8-10,13-15H2,1-2H3;1H/t16-,19?,21+;/m0./s1. The number of hydrogen-bond acceptors (Lipinski definition) is 7. The van der Waals surface area contributed by atoms with Gasteiger partial charge < -0.3 is 10.1 Å². The molecule has 2 aliphatic rings. The van der Waals surface area contributed by atoms with Gasteiger partial charge in [0.1, 0.15) is 20.8 Å². The van der Waals surface area contributed by atoms with Crippen molar-refractivity contribution in [2.45, 2.75) is 64.1 Å². The van der Waals surface area contributed by atoms with E-state index in [2.05, 4.69) is 34.3 Å². The molecule has 0 amide bonds. The Kier molecular flexibility index (Phi) is 7.38. The lowest BCUT2D eigenvalue weighted by atomic mass is 9.73. The van der Waals surface area contributed by atoms with E-state index in [4.69, 9.17) is 4.74 Å². The predicted octanol–water partition coefficient (Wildman–Crippen LogP) is 4.11. The molecule has 0 radical (unpaired) electrons. The number of aryl methyl sites for hydroxylation is 1. The number of nitrogens with zero attached hydrogens (tertiary/aromatic N) is 4. The molecule has 4 heterocycles. The molecule has 1 aromatic carbocycles. The summed E-state index contributed by atoms with van der Waals surface area (Å²) in [6.07, 6.45) is 7.93. The van der Waals surface area contributed by atoms with Gasteiger partial charge in [-0.25, -0.2) is 14.8 Å². The Bertz CT molecular complexity index is 1560. The molecular weight excluding hydrogens is 510 g/mol. The summed E-state index contributed by atoms with van der Waals surface area (Å²) in [5.41, 5.74) is 3.46. The minimum absolute atomic E-state index is 0. The minimum Gasteiger partial charge on any atom is -0.496 e. The molecule has 3 atom stereocenters. The van der Waals surface area contributed by atoms with Gasteiger partial charge in [0.2, 0.25) is 0 Å². The number of ether oxygens (including phenoxy) is 1. The number of rotatable bonds is 7. The largest absolute Gasteiger partial charge is 0.496 e. The average molecular weight is 542 g/mol. The number of methoxy groups -OCH3 is 1. The van der Waals surface area contributed by atoms with Gasteiger partial charge in [0.05, 0.1) is 12.6 Å². The van der Waals surface area contributed by atoms with Crippen LogP contribution in [-0.4, -0.2) is 38.8 Å². The molecular formula is C27H32ClN5O3S. The van der Waals surface area contributed by atoms with Crippen LogP contribution in [0.4, 0.5) is 0 Å². The molecule has 0 spiro atoms. The number of aromatic nitrogens is 4. The Balaban J connectivity index is 0.00000280. The van der Waals surface area contributed by atoms with Gasteiger partial charge >= 0.3 is 5.69 Å². The highest BCUT2D eigenvalue weighted by Gasteiger charge is 2.40. The maximum atomic E-state index is 13.7. The fraction of sp³-hybridized carbons (Fsp3) is 0.481. The van der Waals surface area contributed by atoms with E-state index >= 15 is 0 Å². The highest BCUT2D eigenvalue weighted by atomic mass is 35.5. The van der Waals surface area contributed by atoms with Gasteiger partial charge in [0.25, 0.3) is 5.56 Å². The summed E-state index contributed by atoms with van der Waals surface area (Å²) in [6.45, 7) is 4.01. The van der Waals surface area contributed by atoms with E-state index < -0.39 is 0 Å². The Morgan fingerprint density at radius 1 is 1.16 bits per heavy atom. The molecule has 1 saturated heterocycles. The van der Waals surface area contributed by atoms with Crippen molar-refractivity contribution in [1.82, 2.24) is 24.4 Å². The van der Waals surface area contributed by atoms with E-state index in [1.165, 1.54) is 27.0 Å². The van der Waals surface area contributed by atoms with Gasteiger partial charge in [-0.2, -0.15) is 0 Å². The van der Waals surface area contributed by atoms with Crippen LogP contribution < -0.4 is 21.3 Å². The van der Waals surface area contributed by atoms with Crippen LogP contribution in [0.3, 0.4) is 0 Å². The normalized spacial score (nSPS) is 20.5. The molecule has 6 rings (SSSR count). The Morgan fingerprint density at radius 2 is 2.00 bits per heavy atom. The molecule has 10 heteroatoms. The lowest BCUT2D eigenvalue weighted by Gasteiger charge is -2.32. The molecule has 196 valence electrons. The third kappa shape index (κ3) is 4.27. The van der Waals surface area contributed by atoms with Crippen molar-refractivity contribution in [3.05, 3.63) is 62.6 Å². The van der Waals surface area contributed by atoms with Gasteiger partial charge in [0, 0.05) is 37.4 Å². The van der Waals surface area contributed by atoms with Gasteiger partial charge in [-0.05, 0) is 55.3 Å². The maximum Gasteiger partial charge on any atom is 0.331 e. The zero-order chi connectivity index (χ0) is 24.8. The second kappa shape index (κ2) is 10.6. The smallest absolute Gasteiger partial charge is 0.331 e. The van der Waals surface area contributed by atoms with Crippen molar-refractivity contribution >= 4 is 44.3 Å². The first-order valence-electron chi connectivity index (χ1n) is 12.9. The highest BCUT2D eigenvalue weighted by molar-refractivity contribution is 7.25. The minimum atomic E-state index is -0.244. The summed E-state index contributed by atoms with van der Waals surface area (Å²) >= 11 is 1.33. The number of hydrogen-bond donors (Lipinski definition) is 1. The molecule has 0 saturated carbocycles. The SMILES string of the molecule is CCCCn1c(=O)n(CCC2NC[C@@H]3CCc4c(OC)cccc4[C@H]23)c(=O)c2sc3nccnc3c21.Cl. The van der Waals surface area contributed by atoms with Gasteiger partial charge in [-0.3, -0.25) is 13.9 Å². The molecule has 1 unspecified atom stereocenters. The topological polar surface area (TPSA) is 91.0 Å². The summed E-state index contributed by atoms with van der Waals surface area (Å²) in [5, 5.41) is 3.71. The zero-order valence-corrected chi connectivity index (χ0v) is 22.7. The summed E-state index contributed by atoms with van der Waals surface area (Å²) in [6, 6.07) is 6.54. The van der Waals surface area contributed by atoms with Gasteiger partial charge in [0.15, 0.2) is 0 Å². The monoisotopic (exact) mass is 541 g/mol. The third-order valence-corrected chi connectivity index (χ3v) is 9.03. The lowest BCUT2D eigenvalue weighted by molar-refractivity contribution is 0.370. The fourth-order valence-corrected chi connectivity index (χ4v) is 7.31. The first-order chi connectivity index (χ1) is 17.6. The van der Waals surface area contributed by atoms with Crippen molar-refractivity contribution in [3.8, 4) is 5.75 Å². The Hall–Kier alpha value is -2.75. The maximum absolute atomic E-state index is 13.7. The predicted molar refractivity (Wildman–Crippen MR) is 150 cm³/mol. The van der Waals surface area contributed by atoms with Crippen molar-refractivity contribution in [2.75, 3.05) is 13.7 Å². The van der Waals surface area contributed by atoms with Crippen LogP contribution in [0, 0.1) is 5.92 Å².